The van der Waals surface area contributed by atoms with E-state index < -0.39 is 0 Å². The Hall–Kier alpha value is -3.60. The number of methoxy groups -OCH3 is 1. The first-order chi connectivity index (χ1) is 18.5. The number of hydrogen-bond donors (Lipinski definition) is 2. The molecule has 0 fully saturated rings. The highest BCUT2D eigenvalue weighted by molar-refractivity contribution is 7.99. The van der Waals surface area contributed by atoms with Gasteiger partial charge in [0, 0.05) is 29.1 Å². The summed E-state index contributed by atoms with van der Waals surface area (Å²) in [5, 5.41) is 19.5. The number of carbonyl (C=O) groups is 1. The zero-order valence-corrected chi connectivity index (χ0v) is 22.8. The molecule has 0 saturated carbocycles. The van der Waals surface area contributed by atoms with Gasteiger partial charge in [-0.25, -0.2) is 0 Å². The summed E-state index contributed by atoms with van der Waals surface area (Å²) in [4.78, 5) is 12.3. The first kappa shape index (κ1) is 27.4. The Morgan fingerprint density at radius 2 is 1.87 bits per heavy atom. The van der Waals surface area contributed by atoms with Crippen LogP contribution >= 0.6 is 23.4 Å². The molecule has 0 saturated heterocycles. The molecule has 0 unspecified atom stereocenters. The number of benzene rings is 3. The number of thioether (sulfide) groups is 1. The van der Waals surface area contributed by atoms with Crippen molar-refractivity contribution in [3.8, 4) is 17.2 Å². The highest BCUT2D eigenvalue weighted by Crippen LogP contribution is 2.33. The van der Waals surface area contributed by atoms with Crippen molar-refractivity contribution in [2.75, 3.05) is 31.3 Å². The molecule has 1 amide bonds. The smallest absolute Gasteiger partial charge is 0.262 e. The molecule has 3 aromatic carbocycles. The number of nitrogens with one attached hydrogen (secondary N) is 2. The summed E-state index contributed by atoms with van der Waals surface area (Å²) in [6.45, 7) is 3.18. The van der Waals surface area contributed by atoms with Gasteiger partial charge in [-0.2, -0.15) is 4.68 Å². The first-order valence-electron chi connectivity index (χ1n) is 12.1. The van der Waals surface area contributed by atoms with E-state index >= 15 is 0 Å². The average Bonchev–Trinajstić information content (AvgIpc) is 3.40. The number of ether oxygens (including phenoxy) is 2. The van der Waals surface area contributed by atoms with Gasteiger partial charge >= 0.3 is 0 Å². The SMILES string of the molecule is COc1cc(CNCCCSc2nnnn2-c2ccccc2)c(Cl)cc1OCC(=O)Nc1ccc(C)cc1. The van der Waals surface area contributed by atoms with Crippen LogP contribution in [0.4, 0.5) is 5.69 Å². The van der Waals surface area contributed by atoms with Crippen LogP contribution in [0.1, 0.15) is 17.5 Å². The average molecular weight is 553 g/mol. The van der Waals surface area contributed by atoms with Gasteiger partial charge in [0.15, 0.2) is 18.1 Å². The van der Waals surface area contributed by atoms with Crippen LogP contribution in [-0.4, -0.2) is 52.1 Å². The summed E-state index contributed by atoms with van der Waals surface area (Å²) >= 11 is 8.10. The van der Waals surface area contributed by atoms with E-state index in [-0.39, 0.29) is 12.5 Å². The van der Waals surface area contributed by atoms with E-state index in [9.17, 15) is 4.79 Å². The number of aromatic nitrogens is 4. The minimum Gasteiger partial charge on any atom is -0.493 e. The number of anilines is 1. The Morgan fingerprint density at radius 1 is 1.08 bits per heavy atom. The first-order valence-corrected chi connectivity index (χ1v) is 13.4. The molecule has 38 heavy (non-hydrogen) atoms. The molecule has 0 aliphatic carbocycles. The largest absolute Gasteiger partial charge is 0.493 e. The van der Waals surface area contributed by atoms with Crippen LogP contribution in [0.5, 0.6) is 11.5 Å². The Balaban J connectivity index is 1.22. The highest BCUT2D eigenvalue weighted by atomic mass is 35.5. The highest BCUT2D eigenvalue weighted by Gasteiger charge is 2.13. The van der Waals surface area contributed by atoms with Crippen molar-refractivity contribution in [2.24, 2.45) is 0 Å². The number of nitrogens with zero attached hydrogens (tertiary/aromatic N) is 4. The van der Waals surface area contributed by atoms with Crippen LogP contribution in [-0.2, 0) is 11.3 Å². The maximum Gasteiger partial charge on any atom is 0.262 e. The topological polar surface area (TPSA) is 103 Å². The lowest BCUT2D eigenvalue weighted by Crippen LogP contribution is -2.20. The Labute approximate surface area is 230 Å². The number of aryl methyl sites for hydroxylation is 1. The fraction of sp³-hybridized carbons (Fsp3) is 0.259. The van der Waals surface area contributed by atoms with Crippen molar-refractivity contribution in [1.82, 2.24) is 25.5 Å². The van der Waals surface area contributed by atoms with Crippen molar-refractivity contribution in [2.45, 2.75) is 25.0 Å². The molecular formula is C27H29ClN6O3S. The maximum atomic E-state index is 12.3. The lowest BCUT2D eigenvalue weighted by molar-refractivity contribution is -0.118. The van der Waals surface area contributed by atoms with Gasteiger partial charge in [0.05, 0.1) is 12.8 Å². The third kappa shape index (κ3) is 7.70. The second kappa shape index (κ2) is 13.8. The molecule has 4 rings (SSSR count). The molecule has 0 aliphatic rings. The van der Waals surface area contributed by atoms with Crippen molar-refractivity contribution in [1.29, 1.82) is 0 Å². The summed E-state index contributed by atoms with van der Waals surface area (Å²) in [6.07, 6.45) is 0.915. The van der Waals surface area contributed by atoms with E-state index in [1.165, 1.54) is 0 Å². The molecule has 4 aromatic rings. The summed E-state index contributed by atoms with van der Waals surface area (Å²) in [7, 11) is 1.56. The third-order valence-corrected chi connectivity index (χ3v) is 6.87. The van der Waals surface area contributed by atoms with Gasteiger partial charge in [0.25, 0.3) is 5.91 Å². The van der Waals surface area contributed by atoms with Crippen molar-refractivity contribution < 1.29 is 14.3 Å². The van der Waals surface area contributed by atoms with E-state index in [0.717, 1.165) is 40.7 Å². The monoisotopic (exact) mass is 552 g/mol. The minimum atomic E-state index is -0.270. The number of carbonyl (C=O) groups excluding carboxylic acids is 1. The van der Waals surface area contributed by atoms with Gasteiger partial charge in [-0.05, 0) is 66.2 Å². The van der Waals surface area contributed by atoms with Gasteiger partial charge in [-0.3, -0.25) is 4.79 Å². The summed E-state index contributed by atoms with van der Waals surface area (Å²) < 4.78 is 12.9. The molecule has 0 spiro atoms. The molecule has 0 radical (unpaired) electrons. The molecule has 198 valence electrons. The van der Waals surface area contributed by atoms with E-state index in [4.69, 9.17) is 21.1 Å². The van der Waals surface area contributed by atoms with Gasteiger partial charge in [0.1, 0.15) is 0 Å². The molecule has 0 bridgehead atoms. The van der Waals surface area contributed by atoms with E-state index in [1.54, 1.807) is 29.6 Å². The van der Waals surface area contributed by atoms with Gasteiger partial charge in [-0.1, -0.05) is 59.3 Å². The molecule has 0 atom stereocenters. The van der Waals surface area contributed by atoms with E-state index in [1.807, 2.05) is 67.6 Å². The zero-order chi connectivity index (χ0) is 26.7. The number of hydrogen-bond acceptors (Lipinski definition) is 8. The molecular weight excluding hydrogens is 524 g/mol. The number of para-hydroxylation sites is 1. The molecule has 9 nitrogen and oxygen atoms in total. The van der Waals surface area contributed by atoms with E-state index in [0.29, 0.717) is 28.8 Å². The number of halogens is 1. The molecule has 1 heterocycles. The molecule has 0 aliphatic heterocycles. The van der Waals surface area contributed by atoms with Crippen LogP contribution in [0.2, 0.25) is 5.02 Å². The number of amides is 1. The van der Waals surface area contributed by atoms with Crippen LogP contribution in [0.15, 0.2) is 71.9 Å². The molecule has 2 N–H and O–H groups in total. The minimum absolute atomic E-state index is 0.163. The van der Waals surface area contributed by atoms with Crippen LogP contribution < -0.4 is 20.1 Å². The van der Waals surface area contributed by atoms with Crippen molar-refractivity contribution in [3.05, 3.63) is 82.9 Å². The zero-order valence-electron chi connectivity index (χ0n) is 21.2. The second-order valence-electron chi connectivity index (χ2n) is 8.38. The predicted octanol–water partition coefficient (Wildman–Crippen LogP) is 4.92. The third-order valence-electron chi connectivity index (χ3n) is 5.51. The summed E-state index contributed by atoms with van der Waals surface area (Å²) in [5.74, 6) is 1.51. The standard InChI is InChI=1S/C27H29ClN6O3S/c1-19-9-11-21(12-10-19)30-26(35)18-37-25-16-23(28)20(15-24(25)36-2)17-29-13-6-14-38-27-31-32-33-34(27)22-7-4-3-5-8-22/h3-5,7-12,15-16,29H,6,13-14,17-18H2,1-2H3,(H,30,35). The fourth-order valence-electron chi connectivity index (χ4n) is 3.55. The van der Waals surface area contributed by atoms with Crippen molar-refractivity contribution >= 4 is 35.0 Å². The number of tetrazole rings is 1. The Kier molecular flexibility index (Phi) is 9.97. The molecule has 11 heteroatoms. The van der Waals surface area contributed by atoms with E-state index in [2.05, 4.69) is 26.2 Å². The van der Waals surface area contributed by atoms with Crippen LogP contribution in [0, 0.1) is 6.92 Å². The van der Waals surface area contributed by atoms with Crippen LogP contribution in [0.3, 0.4) is 0 Å². The second-order valence-corrected chi connectivity index (χ2v) is 9.85. The van der Waals surface area contributed by atoms with Crippen molar-refractivity contribution in [3.63, 3.8) is 0 Å². The lowest BCUT2D eigenvalue weighted by Gasteiger charge is -2.14. The normalized spacial score (nSPS) is 10.8. The maximum absolute atomic E-state index is 12.3. The summed E-state index contributed by atoms with van der Waals surface area (Å²) in [5.41, 5.74) is 3.64. The Morgan fingerprint density at radius 3 is 2.63 bits per heavy atom. The molecule has 1 aromatic heterocycles. The lowest BCUT2D eigenvalue weighted by atomic mass is 10.2. The van der Waals surface area contributed by atoms with Gasteiger partial charge in [-0.15, -0.1) is 5.10 Å². The van der Waals surface area contributed by atoms with Gasteiger partial charge < -0.3 is 20.1 Å². The summed E-state index contributed by atoms with van der Waals surface area (Å²) in [6, 6.07) is 20.9. The Bertz CT molecular complexity index is 1330. The van der Waals surface area contributed by atoms with Crippen LogP contribution in [0.25, 0.3) is 5.69 Å². The quantitative estimate of drug-likeness (QED) is 0.178. The van der Waals surface area contributed by atoms with Gasteiger partial charge in [0.2, 0.25) is 5.16 Å². The number of rotatable bonds is 13. The fourth-order valence-corrected chi connectivity index (χ4v) is 4.60. The predicted molar refractivity (Wildman–Crippen MR) is 150 cm³/mol.